The van der Waals surface area contributed by atoms with Gasteiger partial charge in [-0.2, -0.15) is 0 Å². The summed E-state index contributed by atoms with van der Waals surface area (Å²) in [6, 6.07) is 0. The molecule has 138 valence electrons. The molecular formula is C22H38O2. The fourth-order valence-electron chi connectivity index (χ4n) is 5.55. The van der Waals surface area contributed by atoms with Gasteiger partial charge in [0.2, 0.25) is 0 Å². The summed E-state index contributed by atoms with van der Waals surface area (Å²) in [4.78, 5) is 11.7. The van der Waals surface area contributed by atoms with E-state index in [0.29, 0.717) is 29.8 Å². The van der Waals surface area contributed by atoms with E-state index in [1.54, 1.807) is 0 Å². The molecule has 0 aliphatic heterocycles. The Morgan fingerprint density at radius 2 is 2.08 bits per heavy atom. The maximum Gasteiger partial charge on any atom is 0.306 e. The molecule has 0 bridgehead atoms. The van der Waals surface area contributed by atoms with Crippen LogP contribution in [0.2, 0.25) is 0 Å². The van der Waals surface area contributed by atoms with Crippen molar-refractivity contribution in [2.24, 2.45) is 28.6 Å². The average molecular weight is 335 g/mol. The van der Waals surface area contributed by atoms with Crippen molar-refractivity contribution in [3.05, 3.63) is 12.2 Å². The van der Waals surface area contributed by atoms with Gasteiger partial charge in [0.15, 0.2) is 0 Å². The first-order chi connectivity index (χ1) is 11.2. The first-order valence-corrected chi connectivity index (χ1v) is 10.1. The molecule has 2 saturated carbocycles. The van der Waals surface area contributed by atoms with Gasteiger partial charge in [-0.05, 0) is 80.5 Å². The Bertz CT molecular complexity index is 469. The Morgan fingerprint density at radius 1 is 1.38 bits per heavy atom. The maximum absolute atomic E-state index is 11.7. The minimum absolute atomic E-state index is 0.0391. The van der Waals surface area contributed by atoms with E-state index in [4.69, 9.17) is 4.74 Å². The third kappa shape index (κ3) is 3.73. The van der Waals surface area contributed by atoms with Crippen LogP contribution in [-0.2, 0) is 9.53 Å². The van der Waals surface area contributed by atoms with Crippen molar-refractivity contribution in [3.63, 3.8) is 0 Å². The number of esters is 1. The van der Waals surface area contributed by atoms with E-state index < -0.39 is 0 Å². The van der Waals surface area contributed by atoms with Crippen molar-refractivity contribution in [3.8, 4) is 0 Å². The maximum atomic E-state index is 11.7. The highest BCUT2D eigenvalue weighted by atomic mass is 16.5. The number of hydrogen-bond donors (Lipinski definition) is 0. The Morgan fingerprint density at radius 3 is 2.75 bits per heavy atom. The highest BCUT2D eigenvalue weighted by molar-refractivity contribution is 5.69. The molecule has 0 spiro atoms. The molecule has 2 heteroatoms. The predicted octanol–water partition coefficient (Wildman–Crippen LogP) is 6.15. The first-order valence-electron chi connectivity index (χ1n) is 10.1. The molecular weight excluding hydrogens is 296 g/mol. The van der Waals surface area contributed by atoms with Gasteiger partial charge in [0.05, 0.1) is 6.61 Å². The summed E-state index contributed by atoms with van der Waals surface area (Å²) in [7, 11) is 0. The zero-order valence-electron chi connectivity index (χ0n) is 16.6. The van der Waals surface area contributed by atoms with E-state index in [9.17, 15) is 4.79 Å². The van der Waals surface area contributed by atoms with Crippen molar-refractivity contribution in [2.45, 2.75) is 86.0 Å². The van der Waals surface area contributed by atoms with Crippen LogP contribution in [0.25, 0.3) is 0 Å². The molecule has 5 unspecified atom stereocenters. The summed E-state index contributed by atoms with van der Waals surface area (Å²) in [5.74, 6) is 1.89. The number of fused-ring (bicyclic) bond motifs is 1. The largest absolute Gasteiger partial charge is 0.466 e. The molecule has 0 saturated heterocycles. The van der Waals surface area contributed by atoms with Crippen LogP contribution in [0, 0.1) is 28.6 Å². The molecule has 0 aromatic rings. The van der Waals surface area contributed by atoms with Crippen molar-refractivity contribution in [1.29, 1.82) is 0 Å². The molecule has 0 heterocycles. The van der Waals surface area contributed by atoms with E-state index in [-0.39, 0.29) is 5.97 Å². The van der Waals surface area contributed by atoms with E-state index >= 15 is 0 Å². The number of rotatable bonds is 6. The monoisotopic (exact) mass is 334 g/mol. The van der Waals surface area contributed by atoms with Crippen LogP contribution in [0.3, 0.4) is 0 Å². The van der Waals surface area contributed by atoms with Crippen LogP contribution in [-0.4, -0.2) is 12.6 Å². The van der Waals surface area contributed by atoms with Crippen molar-refractivity contribution in [2.75, 3.05) is 6.61 Å². The topological polar surface area (TPSA) is 26.3 Å². The summed E-state index contributed by atoms with van der Waals surface area (Å²) >= 11 is 0. The Balaban J connectivity index is 2.05. The summed E-state index contributed by atoms with van der Waals surface area (Å²) in [6.07, 6.45) is 9.41. The minimum Gasteiger partial charge on any atom is -0.466 e. The summed E-state index contributed by atoms with van der Waals surface area (Å²) in [5, 5.41) is 0. The molecule has 2 nitrogen and oxygen atoms in total. The lowest BCUT2D eigenvalue weighted by Crippen LogP contribution is -2.50. The highest BCUT2D eigenvalue weighted by Gasteiger charge is 2.53. The quantitative estimate of drug-likeness (QED) is 0.430. The molecule has 2 aliphatic carbocycles. The first kappa shape index (κ1) is 19.5. The second kappa shape index (κ2) is 7.62. The lowest BCUT2D eigenvalue weighted by Gasteiger charge is -2.59. The number of carbonyl (C=O) groups excluding carboxylic acids is 1. The van der Waals surface area contributed by atoms with E-state index in [0.717, 1.165) is 18.3 Å². The van der Waals surface area contributed by atoms with Gasteiger partial charge in [0.1, 0.15) is 0 Å². The third-order valence-corrected chi connectivity index (χ3v) is 7.56. The molecule has 24 heavy (non-hydrogen) atoms. The van der Waals surface area contributed by atoms with Crippen molar-refractivity contribution in [1.82, 2.24) is 0 Å². The van der Waals surface area contributed by atoms with Gasteiger partial charge in [0, 0.05) is 6.42 Å². The molecule has 5 atom stereocenters. The Labute approximate surface area is 149 Å². The van der Waals surface area contributed by atoms with Gasteiger partial charge < -0.3 is 4.74 Å². The normalized spacial score (nSPS) is 37.6. The van der Waals surface area contributed by atoms with E-state index in [1.807, 2.05) is 6.92 Å². The molecule has 0 aromatic carbocycles. The van der Waals surface area contributed by atoms with Crippen LogP contribution in [0.1, 0.15) is 86.0 Å². The van der Waals surface area contributed by atoms with Crippen LogP contribution in [0.4, 0.5) is 0 Å². The zero-order valence-corrected chi connectivity index (χ0v) is 16.6. The molecule has 2 rings (SSSR count). The number of carbonyl (C=O) groups is 1. The number of ether oxygens (including phenoxy) is 1. The second-order valence-electron chi connectivity index (χ2n) is 9.06. The van der Waals surface area contributed by atoms with Gasteiger partial charge in [-0.15, -0.1) is 0 Å². The third-order valence-electron chi connectivity index (χ3n) is 7.56. The Hall–Kier alpha value is -0.790. The average Bonchev–Trinajstić information content (AvgIpc) is 2.52. The van der Waals surface area contributed by atoms with Crippen LogP contribution in [0.5, 0.6) is 0 Å². The second-order valence-corrected chi connectivity index (χ2v) is 9.06. The SMILES string of the molecule is C=C1CCCC2C1(C)CCC(C)C2(C)CCC(C)CC(=O)OCC. The van der Waals surface area contributed by atoms with Gasteiger partial charge in [-0.25, -0.2) is 0 Å². The smallest absolute Gasteiger partial charge is 0.306 e. The van der Waals surface area contributed by atoms with Gasteiger partial charge in [-0.1, -0.05) is 39.8 Å². The van der Waals surface area contributed by atoms with Gasteiger partial charge >= 0.3 is 5.97 Å². The van der Waals surface area contributed by atoms with Gasteiger partial charge in [-0.3, -0.25) is 4.79 Å². The van der Waals surface area contributed by atoms with Crippen molar-refractivity contribution >= 4 is 5.97 Å². The summed E-state index contributed by atoms with van der Waals surface area (Å²) in [5.41, 5.74) is 2.21. The molecule has 0 amide bonds. The fourth-order valence-corrected chi connectivity index (χ4v) is 5.55. The van der Waals surface area contributed by atoms with Crippen molar-refractivity contribution < 1.29 is 9.53 Å². The minimum atomic E-state index is -0.0391. The van der Waals surface area contributed by atoms with Gasteiger partial charge in [0.25, 0.3) is 0 Å². The zero-order chi connectivity index (χ0) is 18.0. The Kier molecular flexibility index (Phi) is 6.20. The summed E-state index contributed by atoms with van der Waals surface area (Å²) in [6.45, 7) is 16.5. The van der Waals surface area contributed by atoms with E-state index in [1.165, 1.54) is 44.1 Å². The number of hydrogen-bond acceptors (Lipinski definition) is 2. The van der Waals surface area contributed by atoms with E-state index in [2.05, 4.69) is 34.3 Å². The molecule has 0 aromatic heterocycles. The predicted molar refractivity (Wildman–Crippen MR) is 101 cm³/mol. The van der Waals surface area contributed by atoms with Crippen LogP contribution >= 0.6 is 0 Å². The molecule has 2 fully saturated rings. The lowest BCUT2D eigenvalue weighted by atomic mass is 9.46. The summed E-state index contributed by atoms with van der Waals surface area (Å²) < 4.78 is 5.12. The highest BCUT2D eigenvalue weighted by Crippen LogP contribution is 2.62. The van der Waals surface area contributed by atoms with Crippen LogP contribution < -0.4 is 0 Å². The molecule has 0 N–H and O–H groups in total. The number of allylic oxidation sites excluding steroid dienone is 1. The standard InChI is InChI=1S/C22H38O2/c1-7-24-20(23)15-16(2)11-13-21(5)18(4)12-14-22(6)17(3)9-8-10-19(21)22/h16,18-19H,3,7-15H2,1-2,4-6H3. The molecule has 0 radical (unpaired) electrons. The lowest BCUT2D eigenvalue weighted by molar-refractivity contribution is -0.144. The van der Waals surface area contributed by atoms with Crippen LogP contribution in [0.15, 0.2) is 12.2 Å². The molecule has 2 aliphatic rings. The fraction of sp³-hybridized carbons (Fsp3) is 0.864.